The largest absolute Gasteiger partial charge is 0.490 e. The lowest BCUT2D eigenvalue weighted by Crippen LogP contribution is -2.58. The summed E-state index contributed by atoms with van der Waals surface area (Å²) in [4.78, 5) is 29.9. The Morgan fingerprint density at radius 2 is 1.76 bits per heavy atom. The fourth-order valence-corrected chi connectivity index (χ4v) is 4.87. The summed E-state index contributed by atoms with van der Waals surface area (Å²) >= 11 is 0. The lowest BCUT2D eigenvalue weighted by Gasteiger charge is -2.43. The highest BCUT2D eigenvalue weighted by Crippen LogP contribution is 2.27. The van der Waals surface area contributed by atoms with E-state index in [4.69, 9.17) is 14.2 Å². The fourth-order valence-electron chi connectivity index (χ4n) is 4.87. The number of ether oxygens (including phenoxy) is 3. The molecule has 0 radical (unpaired) electrons. The number of morpholine rings is 1. The van der Waals surface area contributed by atoms with Gasteiger partial charge in [-0.2, -0.15) is 0 Å². The highest BCUT2D eigenvalue weighted by Gasteiger charge is 2.42. The van der Waals surface area contributed by atoms with Gasteiger partial charge in [0.1, 0.15) is 23.8 Å². The molecule has 3 aliphatic heterocycles. The van der Waals surface area contributed by atoms with Crippen LogP contribution >= 0.6 is 0 Å². The Morgan fingerprint density at radius 3 is 2.48 bits per heavy atom. The zero-order valence-corrected chi connectivity index (χ0v) is 19.3. The maximum absolute atomic E-state index is 13.3. The summed E-state index contributed by atoms with van der Waals surface area (Å²) in [7, 11) is 0. The van der Waals surface area contributed by atoms with Crippen LogP contribution in [-0.4, -0.2) is 79.3 Å². The van der Waals surface area contributed by atoms with Crippen LogP contribution in [0.2, 0.25) is 0 Å². The standard InChI is InChI=1S/C25H35FN2O5/c26-20-7-9-21(10-8-20)32-19-25(17-24(30)27-11-3-1-4-12-27)18-28(13-15-33-25)23(29)16-22-6-2-5-14-31-22/h7-10,22H,1-6,11-19H2. The predicted molar refractivity (Wildman–Crippen MR) is 120 cm³/mol. The molecule has 2 amide bonds. The van der Waals surface area contributed by atoms with Gasteiger partial charge in [0.25, 0.3) is 0 Å². The van der Waals surface area contributed by atoms with Crippen molar-refractivity contribution in [1.29, 1.82) is 0 Å². The van der Waals surface area contributed by atoms with Gasteiger partial charge < -0.3 is 24.0 Å². The first-order valence-corrected chi connectivity index (χ1v) is 12.2. The SMILES string of the molecule is O=C(CC1(COc2ccc(F)cc2)CN(C(=O)CC2CCCCO2)CCO1)N1CCCCC1. The monoisotopic (exact) mass is 462 g/mol. The number of rotatable bonds is 7. The van der Waals surface area contributed by atoms with Crippen LogP contribution in [0.5, 0.6) is 5.75 Å². The molecule has 1 aromatic carbocycles. The van der Waals surface area contributed by atoms with Crippen LogP contribution in [0.25, 0.3) is 0 Å². The molecule has 4 rings (SSSR count). The van der Waals surface area contributed by atoms with Crippen molar-refractivity contribution in [3.63, 3.8) is 0 Å². The Morgan fingerprint density at radius 1 is 0.970 bits per heavy atom. The molecule has 3 saturated heterocycles. The van der Waals surface area contributed by atoms with Gasteiger partial charge in [0.2, 0.25) is 11.8 Å². The maximum atomic E-state index is 13.3. The minimum absolute atomic E-state index is 0.0294. The summed E-state index contributed by atoms with van der Waals surface area (Å²) < 4.78 is 31.2. The number of halogens is 1. The average Bonchev–Trinajstić information content (AvgIpc) is 2.85. The number of hydrogen-bond acceptors (Lipinski definition) is 5. The van der Waals surface area contributed by atoms with E-state index in [1.54, 1.807) is 17.0 Å². The maximum Gasteiger partial charge on any atom is 0.225 e. The number of carbonyl (C=O) groups excluding carboxylic acids is 2. The molecule has 0 N–H and O–H groups in total. The minimum atomic E-state index is -0.940. The third-order valence-electron chi connectivity index (χ3n) is 6.78. The summed E-state index contributed by atoms with van der Waals surface area (Å²) in [5.74, 6) is 0.223. The third kappa shape index (κ3) is 6.67. The smallest absolute Gasteiger partial charge is 0.225 e. The molecule has 7 nitrogen and oxygen atoms in total. The van der Waals surface area contributed by atoms with Gasteiger partial charge in [0.15, 0.2) is 0 Å². The van der Waals surface area contributed by atoms with Gasteiger partial charge in [-0.25, -0.2) is 4.39 Å². The van der Waals surface area contributed by atoms with Gasteiger partial charge in [-0.05, 0) is 62.8 Å². The quantitative estimate of drug-likeness (QED) is 0.623. The van der Waals surface area contributed by atoms with E-state index in [1.165, 1.54) is 12.1 Å². The Bertz CT molecular complexity index is 792. The summed E-state index contributed by atoms with van der Waals surface area (Å²) in [6.45, 7) is 3.46. The van der Waals surface area contributed by atoms with Crippen molar-refractivity contribution < 1.29 is 28.2 Å². The van der Waals surface area contributed by atoms with Crippen molar-refractivity contribution in [1.82, 2.24) is 9.80 Å². The zero-order valence-electron chi connectivity index (χ0n) is 19.3. The number of hydrogen-bond donors (Lipinski definition) is 0. The Labute approximate surface area is 195 Å². The molecule has 182 valence electrons. The van der Waals surface area contributed by atoms with E-state index in [1.807, 2.05) is 4.90 Å². The van der Waals surface area contributed by atoms with Crippen molar-refractivity contribution in [2.24, 2.45) is 0 Å². The highest BCUT2D eigenvalue weighted by molar-refractivity contribution is 5.79. The molecule has 0 bridgehead atoms. The first-order valence-electron chi connectivity index (χ1n) is 12.2. The second kappa shape index (κ2) is 11.3. The minimum Gasteiger partial charge on any atom is -0.490 e. The zero-order chi connectivity index (χ0) is 23.1. The Balaban J connectivity index is 1.44. The van der Waals surface area contributed by atoms with Gasteiger partial charge >= 0.3 is 0 Å². The average molecular weight is 463 g/mol. The normalized spacial score (nSPS) is 26.2. The summed E-state index contributed by atoms with van der Waals surface area (Å²) in [6.07, 6.45) is 6.68. The second-order valence-electron chi connectivity index (χ2n) is 9.40. The molecular weight excluding hydrogens is 427 g/mol. The lowest BCUT2D eigenvalue weighted by molar-refractivity contribution is -0.168. The molecule has 1 aromatic rings. The molecular formula is C25H35FN2O5. The number of nitrogens with zero attached hydrogens (tertiary/aromatic N) is 2. The van der Waals surface area contributed by atoms with Crippen LogP contribution in [0.1, 0.15) is 51.4 Å². The highest BCUT2D eigenvalue weighted by atomic mass is 19.1. The number of benzene rings is 1. The number of likely N-dealkylation sites (tertiary alicyclic amines) is 1. The van der Waals surface area contributed by atoms with Gasteiger partial charge in [-0.3, -0.25) is 9.59 Å². The molecule has 2 atom stereocenters. The molecule has 0 spiro atoms. The van der Waals surface area contributed by atoms with Crippen LogP contribution in [0, 0.1) is 5.82 Å². The van der Waals surface area contributed by atoms with Crippen molar-refractivity contribution >= 4 is 11.8 Å². The molecule has 0 aliphatic carbocycles. The van der Waals surface area contributed by atoms with E-state index >= 15 is 0 Å². The van der Waals surface area contributed by atoms with E-state index < -0.39 is 5.60 Å². The topological polar surface area (TPSA) is 68.3 Å². The van der Waals surface area contributed by atoms with Crippen LogP contribution < -0.4 is 4.74 Å². The number of carbonyl (C=O) groups is 2. The van der Waals surface area contributed by atoms with E-state index in [0.29, 0.717) is 38.5 Å². The van der Waals surface area contributed by atoms with Gasteiger partial charge in [0.05, 0.1) is 32.1 Å². The van der Waals surface area contributed by atoms with Gasteiger partial charge in [-0.1, -0.05) is 0 Å². The molecule has 3 aliphatic rings. The molecule has 33 heavy (non-hydrogen) atoms. The molecule has 0 saturated carbocycles. The van der Waals surface area contributed by atoms with Crippen LogP contribution in [0.3, 0.4) is 0 Å². The predicted octanol–water partition coefficient (Wildman–Crippen LogP) is 3.16. The molecule has 3 fully saturated rings. The molecule has 3 heterocycles. The van der Waals surface area contributed by atoms with Crippen LogP contribution in [-0.2, 0) is 19.1 Å². The van der Waals surface area contributed by atoms with E-state index in [-0.39, 0.29) is 36.8 Å². The van der Waals surface area contributed by atoms with E-state index in [2.05, 4.69) is 0 Å². The van der Waals surface area contributed by atoms with Crippen molar-refractivity contribution in [3.05, 3.63) is 30.1 Å². The number of amides is 2. The van der Waals surface area contributed by atoms with Crippen LogP contribution in [0.15, 0.2) is 24.3 Å². The molecule has 8 heteroatoms. The van der Waals surface area contributed by atoms with Crippen molar-refractivity contribution in [2.75, 3.05) is 46.0 Å². The van der Waals surface area contributed by atoms with Crippen molar-refractivity contribution in [3.8, 4) is 5.75 Å². The third-order valence-corrected chi connectivity index (χ3v) is 6.78. The molecule has 0 aromatic heterocycles. The summed E-state index contributed by atoms with van der Waals surface area (Å²) in [6, 6.07) is 5.79. The summed E-state index contributed by atoms with van der Waals surface area (Å²) in [5.41, 5.74) is -0.940. The second-order valence-corrected chi connectivity index (χ2v) is 9.40. The molecule has 2 unspecified atom stereocenters. The summed E-state index contributed by atoms with van der Waals surface area (Å²) in [5, 5.41) is 0. The van der Waals surface area contributed by atoms with E-state index in [9.17, 15) is 14.0 Å². The first kappa shape index (κ1) is 24.0. The first-order chi connectivity index (χ1) is 16.0. The van der Waals surface area contributed by atoms with Crippen LogP contribution in [0.4, 0.5) is 4.39 Å². The Kier molecular flexibility index (Phi) is 8.20. The van der Waals surface area contributed by atoms with Gasteiger partial charge in [-0.15, -0.1) is 0 Å². The van der Waals surface area contributed by atoms with Crippen molar-refractivity contribution in [2.45, 2.75) is 63.1 Å². The lowest BCUT2D eigenvalue weighted by atomic mass is 9.95. The van der Waals surface area contributed by atoms with Gasteiger partial charge in [0, 0.05) is 26.2 Å². The Hall–Kier alpha value is -2.19. The number of piperidine rings is 1. The fraction of sp³-hybridized carbons (Fsp3) is 0.680. The van der Waals surface area contributed by atoms with E-state index in [0.717, 1.165) is 51.6 Å².